The van der Waals surface area contributed by atoms with Crippen LogP contribution in [-0.4, -0.2) is 65.7 Å². The molecule has 0 radical (unpaired) electrons. The van der Waals surface area contributed by atoms with Gasteiger partial charge in [0.1, 0.15) is 12.2 Å². The molecule has 0 saturated carbocycles. The number of allylic oxidation sites excluding steroid dienone is 4. The molecule has 0 heterocycles. The average Bonchev–Trinajstić information content (AvgIpc) is 3.24. The van der Waals surface area contributed by atoms with Crippen molar-refractivity contribution in [3.05, 3.63) is 24.3 Å². The van der Waals surface area contributed by atoms with Crippen LogP contribution in [0.1, 0.15) is 239 Å². The van der Waals surface area contributed by atoms with Gasteiger partial charge >= 0.3 is 19.8 Å². The highest BCUT2D eigenvalue weighted by Gasteiger charge is 2.27. The Kier molecular flexibility index (Phi) is 44.3. The van der Waals surface area contributed by atoms with Crippen LogP contribution >= 0.6 is 7.82 Å². The van der Waals surface area contributed by atoms with E-state index in [2.05, 4.69) is 38.2 Å². The highest BCUT2D eigenvalue weighted by molar-refractivity contribution is 7.47. The first-order valence-electron chi connectivity index (χ1n) is 24.8. The van der Waals surface area contributed by atoms with Crippen molar-refractivity contribution in [2.45, 2.75) is 251 Å². The van der Waals surface area contributed by atoms with Gasteiger partial charge in [-0.3, -0.25) is 18.6 Å². The van der Waals surface area contributed by atoms with E-state index < -0.39 is 58.4 Å². The van der Waals surface area contributed by atoms with E-state index in [1.807, 2.05) is 0 Å². The van der Waals surface area contributed by atoms with Gasteiger partial charge in [0.2, 0.25) is 0 Å². The lowest BCUT2D eigenvalue weighted by Gasteiger charge is -2.20. The van der Waals surface area contributed by atoms with Crippen LogP contribution in [0.2, 0.25) is 0 Å². The van der Waals surface area contributed by atoms with E-state index in [0.29, 0.717) is 12.8 Å². The summed E-state index contributed by atoms with van der Waals surface area (Å²) in [6, 6.07) is 0. The molecule has 0 aliphatic carbocycles. The summed E-state index contributed by atoms with van der Waals surface area (Å²) in [5.74, 6) is -1.01. The number of rotatable bonds is 47. The zero-order chi connectivity index (χ0) is 44.0. The fourth-order valence-corrected chi connectivity index (χ4v) is 7.87. The lowest BCUT2D eigenvalue weighted by atomic mass is 10.0. The van der Waals surface area contributed by atoms with Crippen LogP contribution < -0.4 is 0 Å². The van der Waals surface area contributed by atoms with Crippen molar-refractivity contribution in [1.82, 2.24) is 0 Å². The second-order valence-corrected chi connectivity index (χ2v) is 18.3. The molecular formula is C49H93O10P. The summed E-state index contributed by atoms with van der Waals surface area (Å²) in [5.41, 5.74) is 0. The summed E-state index contributed by atoms with van der Waals surface area (Å²) in [5, 5.41) is 19.2. The molecule has 0 saturated heterocycles. The third-order valence-electron chi connectivity index (χ3n) is 10.9. The first-order chi connectivity index (χ1) is 29.3. The molecule has 0 bridgehead atoms. The number of aliphatic hydroxyl groups is 2. The highest BCUT2D eigenvalue weighted by atomic mass is 31.2. The van der Waals surface area contributed by atoms with E-state index in [-0.39, 0.29) is 12.8 Å². The Labute approximate surface area is 368 Å². The number of phosphoric acid groups is 1. The van der Waals surface area contributed by atoms with Gasteiger partial charge in [-0.05, 0) is 44.9 Å². The molecule has 3 unspecified atom stereocenters. The van der Waals surface area contributed by atoms with Crippen LogP contribution in [0.4, 0.5) is 0 Å². The van der Waals surface area contributed by atoms with E-state index in [9.17, 15) is 29.3 Å². The average molecular weight is 873 g/mol. The molecule has 0 spiro atoms. The Hall–Kier alpha value is -1.55. The van der Waals surface area contributed by atoms with Gasteiger partial charge in [0.25, 0.3) is 0 Å². The Morgan fingerprint density at radius 2 is 0.733 bits per heavy atom. The molecule has 3 N–H and O–H groups in total. The molecule has 60 heavy (non-hydrogen) atoms. The van der Waals surface area contributed by atoms with Crippen molar-refractivity contribution >= 4 is 19.8 Å². The topological polar surface area (TPSA) is 149 Å². The molecule has 10 nitrogen and oxygen atoms in total. The van der Waals surface area contributed by atoms with Gasteiger partial charge in [-0.1, -0.05) is 205 Å². The molecule has 0 aromatic carbocycles. The predicted octanol–water partition coefficient (Wildman–Crippen LogP) is 13.7. The quantitative estimate of drug-likeness (QED) is 0.0233. The first-order valence-corrected chi connectivity index (χ1v) is 26.3. The maximum absolute atomic E-state index is 12.4. The van der Waals surface area contributed by atoms with Gasteiger partial charge in [-0.25, -0.2) is 4.57 Å². The normalized spacial score (nSPS) is 13.9. The van der Waals surface area contributed by atoms with E-state index in [4.69, 9.17) is 18.5 Å². The van der Waals surface area contributed by atoms with Gasteiger partial charge in [0, 0.05) is 12.8 Å². The predicted molar refractivity (Wildman–Crippen MR) is 247 cm³/mol. The smallest absolute Gasteiger partial charge is 0.457 e. The lowest BCUT2D eigenvalue weighted by Crippen LogP contribution is -2.28. The second-order valence-electron chi connectivity index (χ2n) is 16.8. The van der Waals surface area contributed by atoms with Crippen molar-refractivity contribution in [3.8, 4) is 0 Å². The summed E-state index contributed by atoms with van der Waals surface area (Å²) in [6.45, 7) is 2.23. The van der Waals surface area contributed by atoms with Crippen molar-refractivity contribution in [2.24, 2.45) is 0 Å². The van der Waals surface area contributed by atoms with Gasteiger partial charge < -0.3 is 24.6 Å². The molecule has 11 heteroatoms. The number of hydrogen-bond acceptors (Lipinski definition) is 9. The highest BCUT2D eigenvalue weighted by Crippen LogP contribution is 2.43. The molecule has 354 valence electrons. The number of ether oxygens (including phenoxy) is 2. The standard InChI is InChI=1S/C49H93O10P/c1-3-5-7-9-11-13-15-17-19-20-21-22-23-24-25-26-27-29-31-33-35-37-39-41-49(53)59-47(43-51)45-57-60(54,55)56-44-46(42-50)58-48(52)40-38-36-34-32-30-28-18-16-14-12-10-8-6-4-2/h15,17,20-21,46-47,50-51H,3-14,16,18-19,22-45H2,1-2H3,(H,54,55)/b17-15-,21-20-. The van der Waals surface area contributed by atoms with Crippen LogP contribution in [0.5, 0.6) is 0 Å². The number of phosphoric ester groups is 1. The largest absolute Gasteiger partial charge is 0.472 e. The minimum atomic E-state index is -4.64. The molecular weight excluding hydrogens is 780 g/mol. The maximum atomic E-state index is 12.4. The third kappa shape index (κ3) is 43.1. The van der Waals surface area contributed by atoms with Crippen LogP contribution in [0.3, 0.4) is 0 Å². The number of carbonyl (C=O) groups is 2. The summed E-state index contributed by atoms with van der Waals surface area (Å²) >= 11 is 0. The zero-order valence-corrected chi connectivity index (χ0v) is 39.6. The number of unbranched alkanes of at least 4 members (excludes halogenated alkanes) is 29. The summed E-state index contributed by atoms with van der Waals surface area (Å²) in [4.78, 5) is 34.6. The molecule has 0 aromatic heterocycles. The van der Waals surface area contributed by atoms with Gasteiger partial charge in [0.15, 0.2) is 0 Å². The minimum absolute atomic E-state index is 0.192. The van der Waals surface area contributed by atoms with E-state index in [1.54, 1.807) is 0 Å². The maximum Gasteiger partial charge on any atom is 0.472 e. The summed E-state index contributed by atoms with van der Waals surface area (Å²) in [7, 11) is -4.64. The van der Waals surface area contributed by atoms with Crippen molar-refractivity contribution in [3.63, 3.8) is 0 Å². The van der Waals surface area contributed by atoms with Crippen LogP contribution in [0, 0.1) is 0 Å². The molecule has 0 aromatic rings. The molecule has 0 fully saturated rings. The molecule has 0 amide bonds. The van der Waals surface area contributed by atoms with Crippen LogP contribution in [0.15, 0.2) is 24.3 Å². The summed E-state index contributed by atoms with van der Waals surface area (Å²) < 4.78 is 32.7. The van der Waals surface area contributed by atoms with Crippen molar-refractivity contribution in [1.29, 1.82) is 0 Å². The Morgan fingerprint density at radius 3 is 1.03 bits per heavy atom. The van der Waals surface area contributed by atoms with Gasteiger partial charge in [-0.15, -0.1) is 0 Å². The SMILES string of the molecule is CCCCCCC/C=C\C/C=C\CCCCCCCCCCCCCC(=O)OC(CO)COP(=O)(O)OCC(CO)OC(=O)CCCCCCCCCCCCCCCC. The van der Waals surface area contributed by atoms with Crippen LogP contribution in [-0.2, 0) is 32.7 Å². The Bertz CT molecular complexity index is 1050. The number of esters is 2. The molecule has 0 rings (SSSR count). The fourth-order valence-electron chi connectivity index (χ4n) is 7.09. The third-order valence-corrected chi connectivity index (χ3v) is 11.9. The molecule has 0 aliphatic rings. The first kappa shape index (κ1) is 58.5. The molecule has 0 aliphatic heterocycles. The second kappa shape index (κ2) is 45.5. The van der Waals surface area contributed by atoms with Gasteiger partial charge in [0.05, 0.1) is 26.4 Å². The Balaban J connectivity index is 3.82. The minimum Gasteiger partial charge on any atom is -0.457 e. The fraction of sp³-hybridized carbons (Fsp3) is 0.878. The van der Waals surface area contributed by atoms with E-state index >= 15 is 0 Å². The summed E-state index contributed by atoms with van der Waals surface area (Å²) in [6.07, 6.45) is 47.2. The van der Waals surface area contributed by atoms with Crippen molar-refractivity contribution < 1.29 is 47.8 Å². The van der Waals surface area contributed by atoms with Crippen molar-refractivity contribution in [2.75, 3.05) is 26.4 Å². The number of carbonyl (C=O) groups excluding carboxylic acids is 2. The lowest BCUT2D eigenvalue weighted by molar-refractivity contribution is -0.153. The molecule has 3 atom stereocenters. The van der Waals surface area contributed by atoms with Crippen LogP contribution in [0.25, 0.3) is 0 Å². The van der Waals surface area contributed by atoms with E-state index in [0.717, 1.165) is 44.9 Å². The Morgan fingerprint density at radius 1 is 0.450 bits per heavy atom. The number of hydrogen-bond donors (Lipinski definition) is 3. The zero-order valence-electron chi connectivity index (χ0n) is 38.7. The number of aliphatic hydroxyl groups excluding tert-OH is 2. The monoisotopic (exact) mass is 873 g/mol. The van der Waals surface area contributed by atoms with E-state index in [1.165, 1.54) is 154 Å². The van der Waals surface area contributed by atoms with Gasteiger partial charge in [-0.2, -0.15) is 0 Å².